The van der Waals surface area contributed by atoms with E-state index < -0.39 is 29.9 Å². The van der Waals surface area contributed by atoms with Crippen LogP contribution in [0.5, 0.6) is 0 Å². The second-order valence-electron chi connectivity index (χ2n) is 9.09. The summed E-state index contributed by atoms with van der Waals surface area (Å²) in [6.45, 7) is 7.68. The van der Waals surface area contributed by atoms with Gasteiger partial charge in [0.1, 0.15) is 12.3 Å². The van der Waals surface area contributed by atoms with Crippen molar-refractivity contribution in [3.8, 4) is 0 Å². The van der Waals surface area contributed by atoms with E-state index in [0.717, 1.165) is 30.6 Å². The minimum atomic E-state index is -1.29. The number of aliphatic imine (C=N–C) groups is 1. The fourth-order valence-electron chi connectivity index (χ4n) is 4.73. The Labute approximate surface area is 208 Å². The maximum absolute atomic E-state index is 13.9. The number of carbonyl (C=O) groups excluding carboxylic acids is 3. The highest BCUT2D eigenvalue weighted by Gasteiger charge is 2.42. The molecule has 1 radical (unpaired) electrons. The molecule has 189 valence electrons. The molecular formula is C24H32N5O5S. The molecule has 1 saturated heterocycles. The minimum Gasteiger partial charge on any atom is -0.477 e. The fraction of sp³-hybridized carbons (Fsp3) is 0.542. The summed E-state index contributed by atoms with van der Waals surface area (Å²) in [5, 5.41) is 16.9. The summed E-state index contributed by atoms with van der Waals surface area (Å²) in [5.74, 6) is -2.79. The highest BCUT2D eigenvalue weighted by Crippen LogP contribution is 2.33. The van der Waals surface area contributed by atoms with Crippen molar-refractivity contribution in [2.24, 2.45) is 10.7 Å². The van der Waals surface area contributed by atoms with Crippen LogP contribution in [0.15, 0.2) is 4.99 Å². The maximum atomic E-state index is 13.9. The van der Waals surface area contributed by atoms with Gasteiger partial charge in [-0.3, -0.25) is 24.7 Å². The van der Waals surface area contributed by atoms with Gasteiger partial charge < -0.3 is 15.7 Å². The molecule has 11 heteroatoms. The van der Waals surface area contributed by atoms with Crippen LogP contribution in [0.25, 0.3) is 0 Å². The molecule has 10 nitrogen and oxygen atoms in total. The number of likely N-dealkylation sites (tertiary alicyclic amines) is 1. The molecule has 2 atom stereocenters. The van der Waals surface area contributed by atoms with Gasteiger partial charge >= 0.3 is 5.97 Å². The maximum Gasteiger partial charge on any atom is 0.347 e. The van der Waals surface area contributed by atoms with Crippen molar-refractivity contribution in [1.29, 1.82) is 5.41 Å². The quantitative estimate of drug-likeness (QED) is 0.308. The molecule has 0 spiro atoms. The second-order valence-corrected chi connectivity index (χ2v) is 10.1. The van der Waals surface area contributed by atoms with Gasteiger partial charge in [0.2, 0.25) is 5.91 Å². The van der Waals surface area contributed by atoms with Crippen LogP contribution in [0, 0.1) is 19.3 Å². The Bertz CT molecular complexity index is 1060. The number of amides is 3. The Hall–Kier alpha value is -2.92. The first kappa shape index (κ1) is 26.7. The lowest BCUT2D eigenvalue weighted by molar-refractivity contribution is -0.144. The van der Waals surface area contributed by atoms with Crippen LogP contribution in [0.2, 0.25) is 0 Å². The number of carboxylic acids is 1. The van der Waals surface area contributed by atoms with Gasteiger partial charge in [0.25, 0.3) is 11.8 Å². The Morgan fingerprint density at radius 3 is 2.46 bits per heavy atom. The number of nitrogens with two attached hydrogens (primary N) is 1. The van der Waals surface area contributed by atoms with E-state index in [1.807, 2.05) is 0 Å². The van der Waals surface area contributed by atoms with Crippen LogP contribution in [0.1, 0.15) is 77.5 Å². The zero-order chi connectivity index (χ0) is 25.9. The summed E-state index contributed by atoms with van der Waals surface area (Å²) >= 11 is 0.981. The van der Waals surface area contributed by atoms with Gasteiger partial charge in [-0.15, -0.1) is 11.3 Å². The number of rotatable bonds is 6. The first-order valence-corrected chi connectivity index (χ1v) is 12.6. The van der Waals surface area contributed by atoms with E-state index in [4.69, 9.17) is 16.2 Å². The topological polar surface area (TPSA) is 157 Å². The predicted octanol–water partition coefficient (Wildman–Crippen LogP) is 2.36. The summed E-state index contributed by atoms with van der Waals surface area (Å²) in [6.07, 6.45) is 5.95. The lowest BCUT2D eigenvalue weighted by Gasteiger charge is -2.36. The predicted molar refractivity (Wildman–Crippen MR) is 133 cm³/mol. The monoisotopic (exact) mass is 502 g/mol. The number of hydrogen-bond acceptors (Lipinski definition) is 7. The third kappa shape index (κ3) is 5.67. The number of imide groups is 1. The fourth-order valence-corrected chi connectivity index (χ4v) is 5.82. The lowest BCUT2D eigenvalue weighted by atomic mass is 9.93. The van der Waals surface area contributed by atoms with Crippen molar-refractivity contribution >= 4 is 47.1 Å². The number of nitrogens with one attached hydrogen (secondary N) is 1. The molecule has 0 bridgehead atoms. The van der Waals surface area contributed by atoms with Crippen molar-refractivity contribution in [2.45, 2.75) is 76.9 Å². The van der Waals surface area contributed by atoms with E-state index >= 15 is 0 Å². The van der Waals surface area contributed by atoms with Crippen LogP contribution in [0.3, 0.4) is 0 Å². The van der Waals surface area contributed by atoms with Gasteiger partial charge in [0, 0.05) is 12.6 Å². The van der Waals surface area contributed by atoms with Crippen LogP contribution in [-0.4, -0.2) is 75.3 Å². The normalized spacial score (nSPS) is 19.7. The third-order valence-electron chi connectivity index (χ3n) is 6.59. The standard InChI is InChI=1S/C24H32N5O5S/c1-13-14(2)20(35-19(13)21(26)27-12-18(30)31)24(34)29(16-8-5-4-6-9-16)23(33)17-10-7-11-28(17)22(32)15(3)25/h12,15-17,26H,2,4-11,25H2,1,3H3,(H,30,31)/t15-,17-/m0/s1. The van der Waals surface area contributed by atoms with Gasteiger partial charge in [-0.25, -0.2) is 9.79 Å². The molecule has 35 heavy (non-hydrogen) atoms. The Morgan fingerprint density at radius 1 is 1.20 bits per heavy atom. The molecule has 1 aliphatic carbocycles. The third-order valence-corrected chi connectivity index (χ3v) is 7.92. The first-order valence-electron chi connectivity index (χ1n) is 11.8. The molecule has 1 saturated carbocycles. The van der Waals surface area contributed by atoms with Gasteiger partial charge in [0.05, 0.1) is 15.8 Å². The molecule has 0 aromatic carbocycles. The van der Waals surface area contributed by atoms with E-state index in [2.05, 4.69) is 11.9 Å². The highest BCUT2D eigenvalue weighted by molar-refractivity contribution is 7.16. The average molecular weight is 503 g/mol. The summed E-state index contributed by atoms with van der Waals surface area (Å²) in [4.78, 5) is 58.1. The van der Waals surface area contributed by atoms with E-state index in [9.17, 15) is 19.2 Å². The van der Waals surface area contributed by atoms with E-state index in [0.29, 0.717) is 54.4 Å². The van der Waals surface area contributed by atoms with Gasteiger partial charge in [0.15, 0.2) is 5.84 Å². The summed E-state index contributed by atoms with van der Waals surface area (Å²) in [7, 11) is 0. The van der Waals surface area contributed by atoms with Crippen LogP contribution in [-0.2, 0) is 14.4 Å². The second kappa shape index (κ2) is 11.2. The molecule has 3 amide bonds. The van der Waals surface area contributed by atoms with Crippen LogP contribution < -0.4 is 5.73 Å². The molecule has 4 N–H and O–H groups in total. The lowest BCUT2D eigenvalue weighted by Crippen LogP contribution is -2.55. The molecule has 0 unspecified atom stereocenters. The molecule has 1 aliphatic heterocycles. The molecule has 1 aromatic heterocycles. The minimum absolute atomic E-state index is 0.217. The molecule has 2 fully saturated rings. The van der Waals surface area contributed by atoms with Crippen LogP contribution >= 0.6 is 11.3 Å². The van der Waals surface area contributed by atoms with Crippen molar-refractivity contribution in [3.63, 3.8) is 0 Å². The summed E-state index contributed by atoms with van der Waals surface area (Å²) in [5.41, 5.74) is 6.72. The van der Waals surface area contributed by atoms with E-state index in [-0.39, 0.29) is 22.7 Å². The van der Waals surface area contributed by atoms with Gasteiger partial charge in [-0.2, -0.15) is 0 Å². The van der Waals surface area contributed by atoms with Gasteiger partial charge in [-0.1, -0.05) is 19.3 Å². The number of aliphatic carboxylic acids is 1. The number of hydrogen-bond donors (Lipinski definition) is 3. The van der Waals surface area contributed by atoms with Crippen LogP contribution in [0.4, 0.5) is 0 Å². The van der Waals surface area contributed by atoms with Crippen molar-refractivity contribution in [3.05, 3.63) is 27.8 Å². The smallest absolute Gasteiger partial charge is 0.347 e. The Balaban J connectivity index is 1.98. The molecule has 1 aromatic rings. The largest absolute Gasteiger partial charge is 0.477 e. The van der Waals surface area contributed by atoms with Crippen molar-refractivity contribution in [1.82, 2.24) is 9.80 Å². The zero-order valence-electron chi connectivity index (χ0n) is 20.1. The number of amidine groups is 1. The van der Waals surface area contributed by atoms with E-state index in [1.54, 1.807) is 13.8 Å². The highest BCUT2D eigenvalue weighted by atomic mass is 32.1. The molecule has 2 heterocycles. The zero-order valence-corrected chi connectivity index (χ0v) is 20.9. The Morgan fingerprint density at radius 2 is 1.86 bits per heavy atom. The number of carboxylic acid groups (broad SMARTS) is 1. The summed E-state index contributed by atoms with van der Waals surface area (Å²) < 4.78 is 0. The SMILES string of the molecule is [CH2]c1c(C(=O)N(C(=O)[C@@H]2CCCN2C(=O)[C@H](C)N)C2CCCCC2)sc(C(=N)N=CC(=O)O)c1C. The molecule has 2 aliphatic rings. The molecular weight excluding hydrogens is 470 g/mol. The number of nitrogens with zero attached hydrogens (tertiary/aromatic N) is 3. The molecule has 3 rings (SSSR count). The van der Waals surface area contributed by atoms with E-state index in [1.165, 1.54) is 9.80 Å². The van der Waals surface area contributed by atoms with Crippen molar-refractivity contribution in [2.75, 3.05) is 6.54 Å². The van der Waals surface area contributed by atoms with Crippen molar-refractivity contribution < 1.29 is 24.3 Å². The number of carbonyl (C=O) groups is 4. The Kier molecular flexibility index (Phi) is 8.55. The van der Waals surface area contributed by atoms with Gasteiger partial charge in [-0.05, 0) is 57.6 Å². The number of thiophene rings is 1. The average Bonchev–Trinajstić information content (AvgIpc) is 3.43. The summed E-state index contributed by atoms with van der Waals surface area (Å²) in [6, 6.07) is -1.77. The first-order chi connectivity index (χ1) is 16.5.